The fourth-order valence-electron chi connectivity index (χ4n) is 2.51. The molecule has 4 heteroatoms. The highest BCUT2D eigenvalue weighted by Gasteiger charge is 2.20. The zero-order valence-electron chi connectivity index (χ0n) is 11.4. The molecular formula is C16H16N2O2. The van der Waals surface area contributed by atoms with Crippen molar-refractivity contribution >= 4 is 17.3 Å². The van der Waals surface area contributed by atoms with Crippen molar-refractivity contribution in [1.82, 2.24) is 4.98 Å². The Hall–Kier alpha value is -2.36. The molecule has 1 aromatic carbocycles. The van der Waals surface area contributed by atoms with Crippen molar-refractivity contribution in [2.45, 2.75) is 13.3 Å². The molecule has 0 fully saturated rings. The molecule has 0 N–H and O–H groups in total. The van der Waals surface area contributed by atoms with Gasteiger partial charge in [0.2, 0.25) is 0 Å². The van der Waals surface area contributed by atoms with E-state index in [9.17, 15) is 4.79 Å². The van der Waals surface area contributed by atoms with Gasteiger partial charge >= 0.3 is 5.97 Å². The topological polar surface area (TPSA) is 42.4 Å². The van der Waals surface area contributed by atoms with Crippen LogP contribution in [0.5, 0.6) is 0 Å². The van der Waals surface area contributed by atoms with E-state index >= 15 is 0 Å². The van der Waals surface area contributed by atoms with E-state index in [2.05, 4.69) is 28.1 Å². The van der Waals surface area contributed by atoms with Crippen LogP contribution in [-0.4, -0.2) is 24.1 Å². The Morgan fingerprint density at radius 3 is 3.05 bits per heavy atom. The number of benzene rings is 1. The lowest BCUT2D eigenvalue weighted by atomic mass is 10.2. The van der Waals surface area contributed by atoms with Crippen LogP contribution in [0.3, 0.4) is 0 Å². The minimum Gasteiger partial charge on any atom is -0.462 e. The van der Waals surface area contributed by atoms with Crippen molar-refractivity contribution < 1.29 is 9.53 Å². The van der Waals surface area contributed by atoms with Crippen LogP contribution >= 0.6 is 0 Å². The van der Waals surface area contributed by atoms with Crippen LogP contribution in [0.2, 0.25) is 0 Å². The lowest BCUT2D eigenvalue weighted by Crippen LogP contribution is -2.14. The first-order chi connectivity index (χ1) is 9.79. The molecule has 2 heterocycles. The number of carbonyl (C=O) groups excluding carboxylic acids is 1. The molecule has 3 rings (SSSR count). The van der Waals surface area contributed by atoms with E-state index in [1.807, 2.05) is 12.1 Å². The van der Waals surface area contributed by atoms with E-state index < -0.39 is 0 Å². The second kappa shape index (κ2) is 5.33. The van der Waals surface area contributed by atoms with E-state index in [4.69, 9.17) is 4.74 Å². The number of aromatic nitrogens is 1. The number of fused-ring (bicyclic) bond motifs is 1. The average molecular weight is 268 g/mol. The molecule has 1 aliphatic heterocycles. The largest absolute Gasteiger partial charge is 0.462 e. The van der Waals surface area contributed by atoms with Gasteiger partial charge in [0, 0.05) is 18.4 Å². The first kappa shape index (κ1) is 12.7. The molecule has 4 nitrogen and oxygen atoms in total. The summed E-state index contributed by atoms with van der Waals surface area (Å²) < 4.78 is 5.02. The fourth-order valence-corrected chi connectivity index (χ4v) is 2.51. The van der Waals surface area contributed by atoms with Crippen LogP contribution in [-0.2, 0) is 11.2 Å². The van der Waals surface area contributed by atoms with E-state index in [0.717, 1.165) is 18.7 Å². The van der Waals surface area contributed by atoms with Gasteiger partial charge in [-0.05, 0) is 31.0 Å². The van der Waals surface area contributed by atoms with Crippen LogP contribution in [0.25, 0.3) is 0 Å². The van der Waals surface area contributed by atoms with Gasteiger partial charge in [0.05, 0.1) is 24.1 Å². The Balaban J connectivity index is 1.92. The van der Waals surface area contributed by atoms with Crippen molar-refractivity contribution in [3.8, 4) is 0 Å². The zero-order valence-corrected chi connectivity index (χ0v) is 11.4. The number of para-hydroxylation sites is 1. The molecule has 0 atom stereocenters. The molecule has 1 aromatic heterocycles. The van der Waals surface area contributed by atoms with E-state index in [0.29, 0.717) is 12.2 Å². The number of hydrogen-bond donors (Lipinski definition) is 0. The first-order valence-corrected chi connectivity index (χ1v) is 6.77. The Morgan fingerprint density at radius 1 is 1.35 bits per heavy atom. The molecule has 0 aliphatic carbocycles. The third kappa shape index (κ3) is 2.25. The maximum atomic E-state index is 11.8. The number of pyridine rings is 1. The monoisotopic (exact) mass is 268 g/mol. The number of anilines is 2. The van der Waals surface area contributed by atoms with Crippen LogP contribution in [0, 0.1) is 0 Å². The highest BCUT2D eigenvalue weighted by Crippen LogP contribution is 2.34. The standard InChI is InChI=1S/C16H16N2O2/c1-2-20-16(19)13-9-14(11-17-10-13)18-8-7-12-5-3-4-6-15(12)18/h3-6,9-11H,2,7-8H2,1H3. The minimum atomic E-state index is -0.325. The predicted octanol–water partition coefficient (Wildman–Crippen LogP) is 2.95. The molecule has 1 aliphatic rings. The summed E-state index contributed by atoms with van der Waals surface area (Å²) in [5, 5.41) is 0. The zero-order chi connectivity index (χ0) is 13.9. The molecule has 0 saturated carbocycles. The Kier molecular flexibility index (Phi) is 3.37. The molecule has 0 amide bonds. The Labute approximate surface area is 118 Å². The van der Waals surface area contributed by atoms with Crippen molar-refractivity contribution in [3.63, 3.8) is 0 Å². The Bertz CT molecular complexity index is 640. The predicted molar refractivity (Wildman–Crippen MR) is 77.3 cm³/mol. The molecule has 20 heavy (non-hydrogen) atoms. The normalized spacial score (nSPS) is 13.2. The van der Waals surface area contributed by atoms with Gasteiger partial charge in [-0.15, -0.1) is 0 Å². The van der Waals surface area contributed by atoms with Crippen LogP contribution in [0.1, 0.15) is 22.8 Å². The highest BCUT2D eigenvalue weighted by atomic mass is 16.5. The second-order valence-electron chi connectivity index (χ2n) is 4.68. The maximum Gasteiger partial charge on any atom is 0.339 e. The fraction of sp³-hybridized carbons (Fsp3) is 0.250. The third-order valence-corrected chi connectivity index (χ3v) is 3.43. The van der Waals surface area contributed by atoms with Crippen molar-refractivity contribution in [2.24, 2.45) is 0 Å². The number of hydrogen-bond acceptors (Lipinski definition) is 4. The summed E-state index contributed by atoms with van der Waals surface area (Å²) in [4.78, 5) is 18.1. The lowest BCUT2D eigenvalue weighted by Gasteiger charge is -2.19. The van der Waals surface area contributed by atoms with Crippen molar-refractivity contribution in [3.05, 3.63) is 53.9 Å². The molecule has 0 unspecified atom stereocenters. The molecule has 0 spiro atoms. The molecule has 0 radical (unpaired) electrons. The third-order valence-electron chi connectivity index (χ3n) is 3.43. The lowest BCUT2D eigenvalue weighted by molar-refractivity contribution is 0.0526. The number of nitrogens with zero attached hydrogens (tertiary/aromatic N) is 2. The SMILES string of the molecule is CCOC(=O)c1cncc(N2CCc3ccccc32)c1. The summed E-state index contributed by atoms with van der Waals surface area (Å²) in [5.74, 6) is -0.325. The Morgan fingerprint density at radius 2 is 2.20 bits per heavy atom. The van der Waals surface area contributed by atoms with E-state index in [1.54, 1.807) is 19.3 Å². The summed E-state index contributed by atoms with van der Waals surface area (Å²) in [6.07, 6.45) is 4.34. The number of carbonyl (C=O) groups is 1. The molecular weight excluding hydrogens is 252 g/mol. The smallest absolute Gasteiger partial charge is 0.339 e. The van der Waals surface area contributed by atoms with E-state index in [1.165, 1.54) is 11.3 Å². The molecule has 2 aromatic rings. The second-order valence-corrected chi connectivity index (χ2v) is 4.68. The first-order valence-electron chi connectivity index (χ1n) is 6.77. The number of esters is 1. The van der Waals surface area contributed by atoms with Gasteiger partial charge in [0.1, 0.15) is 0 Å². The van der Waals surface area contributed by atoms with Gasteiger partial charge in [-0.1, -0.05) is 18.2 Å². The summed E-state index contributed by atoms with van der Waals surface area (Å²) >= 11 is 0. The molecule has 0 saturated heterocycles. The number of ether oxygens (including phenoxy) is 1. The van der Waals surface area contributed by atoms with Crippen LogP contribution in [0.15, 0.2) is 42.7 Å². The van der Waals surface area contributed by atoms with Crippen LogP contribution < -0.4 is 4.90 Å². The maximum absolute atomic E-state index is 11.8. The molecule has 0 bridgehead atoms. The minimum absolute atomic E-state index is 0.325. The average Bonchev–Trinajstić information content (AvgIpc) is 2.91. The van der Waals surface area contributed by atoms with Gasteiger partial charge in [0.15, 0.2) is 0 Å². The van der Waals surface area contributed by atoms with Gasteiger partial charge in [0.25, 0.3) is 0 Å². The van der Waals surface area contributed by atoms with Crippen LogP contribution in [0.4, 0.5) is 11.4 Å². The van der Waals surface area contributed by atoms with Gasteiger partial charge in [-0.3, -0.25) is 4.98 Å². The quantitative estimate of drug-likeness (QED) is 0.803. The van der Waals surface area contributed by atoms with Gasteiger partial charge in [-0.25, -0.2) is 4.79 Å². The summed E-state index contributed by atoms with van der Waals surface area (Å²) in [6.45, 7) is 3.08. The highest BCUT2D eigenvalue weighted by molar-refractivity contribution is 5.90. The van der Waals surface area contributed by atoms with Gasteiger partial charge < -0.3 is 9.64 Å². The van der Waals surface area contributed by atoms with Gasteiger partial charge in [-0.2, -0.15) is 0 Å². The van der Waals surface area contributed by atoms with Crippen molar-refractivity contribution in [2.75, 3.05) is 18.1 Å². The summed E-state index contributed by atoms with van der Waals surface area (Å²) in [6, 6.07) is 10.2. The van der Waals surface area contributed by atoms with Crippen molar-refractivity contribution in [1.29, 1.82) is 0 Å². The summed E-state index contributed by atoms with van der Waals surface area (Å²) in [5.41, 5.74) is 3.94. The van der Waals surface area contributed by atoms with E-state index in [-0.39, 0.29) is 5.97 Å². The summed E-state index contributed by atoms with van der Waals surface area (Å²) in [7, 11) is 0. The number of rotatable bonds is 3. The molecule has 102 valence electrons.